The molecule has 1 nitrogen and oxygen atoms in total. The zero-order valence-electron chi connectivity index (χ0n) is 14.8. The van der Waals surface area contributed by atoms with E-state index in [1.165, 1.54) is 28.7 Å². The Morgan fingerprint density at radius 3 is 2.12 bits per heavy atom. The number of rotatable bonds is 2. The van der Waals surface area contributed by atoms with Gasteiger partial charge < -0.3 is 5.73 Å². The van der Waals surface area contributed by atoms with Crippen LogP contribution in [0.2, 0.25) is 0 Å². The SMILES string of the molecule is Nc1ccc2c(c1)C1C=CCCC1C2(c1ccccc1)c1ccccc1. The van der Waals surface area contributed by atoms with Crippen LogP contribution in [0.4, 0.5) is 5.69 Å². The van der Waals surface area contributed by atoms with Crippen LogP contribution in [0, 0.1) is 5.92 Å². The molecule has 26 heavy (non-hydrogen) atoms. The number of nitrogens with two attached hydrogens (primary N) is 1. The zero-order chi connectivity index (χ0) is 17.6. The molecule has 0 fully saturated rings. The molecule has 1 heteroatoms. The fourth-order valence-electron chi connectivity index (χ4n) is 5.36. The monoisotopic (exact) mass is 337 g/mol. The number of hydrogen-bond acceptors (Lipinski definition) is 1. The number of allylic oxidation sites excluding steroid dienone is 2. The van der Waals surface area contributed by atoms with E-state index in [0.717, 1.165) is 12.1 Å². The average Bonchev–Trinajstić information content (AvgIpc) is 3.00. The first kappa shape index (κ1) is 15.5. The second-order valence-corrected chi connectivity index (χ2v) is 7.52. The minimum absolute atomic E-state index is 0.110. The molecule has 0 saturated carbocycles. The van der Waals surface area contributed by atoms with E-state index in [-0.39, 0.29) is 5.41 Å². The van der Waals surface area contributed by atoms with Crippen molar-refractivity contribution < 1.29 is 0 Å². The maximum absolute atomic E-state index is 6.19. The second-order valence-electron chi connectivity index (χ2n) is 7.52. The van der Waals surface area contributed by atoms with Gasteiger partial charge >= 0.3 is 0 Å². The fraction of sp³-hybridized carbons (Fsp3) is 0.200. The van der Waals surface area contributed by atoms with Crippen LogP contribution in [0.25, 0.3) is 0 Å². The highest BCUT2D eigenvalue weighted by atomic mass is 14.6. The van der Waals surface area contributed by atoms with E-state index in [0.29, 0.717) is 11.8 Å². The molecular weight excluding hydrogens is 314 g/mol. The Labute approximate surface area is 155 Å². The van der Waals surface area contributed by atoms with Gasteiger partial charge in [0.1, 0.15) is 0 Å². The Morgan fingerprint density at radius 2 is 1.46 bits per heavy atom. The minimum Gasteiger partial charge on any atom is -0.399 e. The van der Waals surface area contributed by atoms with Crippen LogP contribution in [0.3, 0.4) is 0 Å². The molecule has 0 aliphatic heterocycles. The van der Waals surface area contributed by atoms with Gasteiger partial charge in [0.15, 0.2) is 0 Å². The van der Waals surface area contributed by atoms with Crippen molar-refractivity contribution in [2.24, 2.45) is 5.92 Å². The number of fused-ring (bicyclic) bond motifs is 3. The third-order valence-corrected chi connectivity index (χ3v) is 6.30. The molecule has 0 aromatic heterocycles. The van der Waals surface area contributed by atoms with E-state index >= 15 is 0 Å². The second kappa shape index (κ2) is 5.88. The summed E-state index contributed by atoms with van der Waals surface area (Å²) in [6, 6.07) is 28.6. The molecule has 0 bridgehead atoms. The summed E-state index contributed by atoms with van der Waals surface area (Å²) in [4.78, 5) is 0. The maximum atomic E-state index is 6.19. The van der Waals surface area contributed by atoms with Gasteiger partial charge in [0.05, 0.1) is 0 Å². The summed E-state index contributed by atoms with van der Waals surface area (Å²) in [6.07, 6.45) is 7.10. The zero-order valence-corrected chi connectivity index (χ0v) is 14.8. The van der Waals surface area contributed by atoms with Crippen molar-refractivity contribution in [1.82, 2.24) is 0 Å². The van der Waals surface area contributed by atoms with Crippen molar-refractivity contribution in [1.29, 1.82) is 0 Å². The van der Waals surface area contributed by atoms with E-state index in [1.54, 1.807) is 0 Å². The lowest BCUT2D eigenvalue weighted by molar-refractivity contribution is 0.345. The van der Waals surface area contributed by atoms with Gasteiger partial charge in [0.2, 0.25) is 0 Å². The highest BCUT2D eigenvalue weighted by molar-refractivity contribution is 5.63. The van der Waals surface area contributed by atoms with Crippen LogP contribution in [-0.4, -0.2) is 0 Å². The molecule has 3 aromatic carbocycles. The topological polar surface area (TPSA) is 26.0 Å². The van der Waals surface area contributed by atoms with Gasteiger partial charge in [-0.05, 0) is 53.1 Å². The van der Waals surface area contributed by atoms with Gasteiger partial charge in [-0.15, -0.1) is 0 Å². The van der Waals surface area contributed by atoms with Crippen LogP contribution in [0.15, 0.2) is 91.0 Å². The molecule has 128 valence electrons. The lowest BCUT2D eigenvalue weighted by atomic mass is 9.62. The predicted molar refractivity (Wildman–Crippen MR) is 108 cm³/mol. The lowest BCUT2D eigenvalue weighted by Gasteiger charge is -2.40. The summed E-state index contributed by atoms with van der Waals surface area (Å²) in [5.41, 5.74) is 12.5. The molecule has 2 unspecified atom stereocenters. The highest BCUT2D eigenvalue weighted by Gasteiger charge is 2.53. The first-order chi connectivity index (χ1) is 12.8. The molecule has 0 amide bonds. The molecule has 0 saturated heterocycles. The third-order valence-electron chi connectivity index (χ3n) is 6.30. The van der Waals surface area contributed by atoms with E-state index < -0.39 is 0 Å². The number of nitrogen functional groups attached to an aromatic ring is 1. The van der Waals surface area contributed by atoms with Gasteiger partial charge in [0.25, 0.3) is 0 Å². The van der Waals surface area contributed by atoms with Crippen molar-refractivity contribution in [3.63, 3.8) is 0 Å². The van der Waals surface area contributed by atoms with Crippen LogP contribution < -0.4 is 5.73 Å². The molecule has 2 aliphatic rings. The number of anilines is 1. The molecule has 2 N–H and O–H groups in total. The van der Waals surface area contributed by atoms with Crippen LogP contribution in [-0.2, 0) is 5.41 Å². The van der Waals surface area contributed by atoms with Crippen molar-refractivity contribution in [3.05, 3.63) is 113 Å². The highest BCUT2D eigenvalue weighted by Crippen LogP contribution is 2.60. The summed E-state index contributed by atoms with van der Waals surface area (Å²) >= 11 is 0. The van der Waals surface area contributed by atoms with Gasteiger partial charge in [0, 0.05) is 17.0 Å². The first-order valence-corrected chi connectivity index (χ1v) is 9.49. The van der Waals surface area contributed by atoms with Gasteiger partial charge in [-0.2, -0.15) is 0 Å². The molecule has 5 rings (SSSR count). The number of hydrogen-bond donors (Lipinski definition) is 1. The summed E-state index contributed by atoms with van der Waals surface area (Å²) in [7, 11) is 0. The normalized spacial score (nSPS) is 22.6. The molecule has 2 atom stereocenters. The molecule has 3 aromatic rings. The smallest absolute Gasteiger partial charge is 0.0491 e. The number of benzene rings is 3. The Hall–Kier alpha value is -2.80. The van der Waals surface area contributed by atoms with E-state index in [9.17, 15) is 0 Å². The van der Waals surface area contributed by atoms with Gasteiger partial charge in [-0.25, -0.2) is 0 Å². The van der Waals surface area contributed by atoms with Crippen LogP contribution >= 0.6 is 0 Å². The van der Waals surface area contributed by atoms with Crippen LogP contribution in [0.1, 0.15) is 41.0 Å². The maximum Gasteiger partial charge on any atom is 0.0491 e. The van der Waals surface area contributed by atoms with Crippen molar-refractivity contribution in [3.8, 4) is 0 Å². The Bertz CT molecular complexity index is 916. The fourth-order valence-corrected chi connectivity index (χ4v) is 5.36. The van der Waals surface area contributed by atoms with Gasteiger partial charge in [-0.3, -0.25) is 0 Å². The average molecular weight is 337 g/mol. The molecule has 0 spiro atoms. The minimum atomic E-state index is -0.110. The quantitative estimate of drug-likeness (QED) is 0.473. The first-order valence-electron chi connectivity index (χ1n) is 9.49. The summed E-state index contributed by atoms with van der Waals surface area (Å²) in [5, 5.41) is 0. The summed E-state index contributed by atoms with van der Waals surface area (Å²) in [5.74, 6) is 0.955. The van der Waals surface area contributed by atoms with Crippen molar-refractivity contribution in [2.75, 3.05) is 5.73 Å². The largest absolute Gasteiger partial charge is 0.399 e. The lowest BCUT2D eigenvalue weighted by Crippen LogP contribution is -2.36. The molecule has 0 heterocycles. The van der Waals surface area contributed by atoms with E-state index in [1.807, 2.05) is 0 Å². The Balaban J connectivity index is 1.89. The molecular formula is C25H23N. The Morgan fingerprint density at radius 1 is 0.808 bits per heavy atom. The van der Waals surface area contributed by atoms with E-state index in [4.69, 9.17) is 5.73 Å². The predicted octanol–water partition coefficient (Wildman–Crippen LogP) is 5.67. The third kappa shape index (κ3) is 2.03. The van der Waals surface area contributed by atoms with Crippen molar-refractivity contribution >= 4 is 5.69 Å². The van der Waals surface area contributed by atoms with Crippen LogP contribution in [0.5, 0.6) is 0 Å². The van der Waals surface area contributed by atoms with E-state index in [2.05, 4.69) is 91.0 Å². The van der Waals surface area contributed by atoms with Crippen molar-refractivity contribution in [2.45, 2.75) is 24.2 Å². The summed E-state index contributed by atoms with van der Waals surface area (Å²) < 4.78 is 0. The van der Waals surface area contributed by atoms with Gasteiger partial charge in [-0.1, -0.05) is 78.9 Å². The Kier molecular flexibility index (Phi) is 3.49. The molecule has 0 radical (unpaired) electrons. The molecule has 2 aliphatic carbocycles. The standard InChI is InChI=1S/C25H23N/c26-20-15-16-24-22(17-20)21-13-7-8-14-23(21)25(24,18-9-3-1-4-10-18)19-11-5-2-6-12-19/h1-7,9-13,15-17,21,23H,8,14,26H2. The summed E-state index contributed by atoms with van der Waals surface area (Å²) in [6.45, 7) is 0.